The van der Waals surface area contributed by atoms with E-state index in [0.717, 1.165) is 24.4 Å². The van der Waals surface area contributed by atoms with Gasteiger partial charge in [0.2, 0.25) is 0 Å². The molecule has 1 saturated carbocycles. The summed E-state index contributed by atoms with van der Waals surface area (Å²) < 4.78 is 0. The van der Waals surface area contributed by atoms with Crippen molar-refractivity contribution in [3.05, 3.63) is 30.1 Å². The molecule has 25 heavy (non-hydrogen) atoms. The average Bonchev–Trinajstić information content (AvgIpc) is 3.10. The van der Waals surface area contributed by atoms with Crippen molar-refractivity contribution in [2.45, 2.75) is 45.6 Å². The largest absolute Gasteiger partial charge is 0.334 e. The number of carbonyl (C=O) groups is 2. The first-order valence-electron chi connectivity index (χ1n) is 8.70. The number of hydrogen-bond acceptors (Lipinski definition) is 4. The van der Waals surface area contributed by atoms with Crippen LogP contribution in [0, 0.1) is 5.92 Å². The van der Waals surface area contributed by atoms with Gasteiger partial charge in [0.25, 0.3) is 0 Å². The molecule has 1 aromatic rings. The third-order valence-electron chi connectivity index (χ3n) is 4.43. The minimum atomic E-state index is -0.0473. The molecule has 1 fully saturated rings. The number of nitrogens with one attached hydrogen (secondary N) is 1. The number of amides is 2. The third-order valence-corrected chi connectivity index (χ3v) is 5.22. The molecule has 0 saturated heterocycles. The van der Waals surface area contributed by atoms with Crippen molar-refractivity contribution in [1.82, 2.24) is 15.2 Å². The number of pyridine rings is 1. The van der Waals surface area contributed by atoms with Crippen LogP contribution in [-0.2, 0) is 11.3 Å². The molecule has 1 aliphatic rings. The van der Waals surface area contributed by atoms with E-state index in [2.05, 4.69) is 10.3 Å². The lowest BCUT2D eigenvalue weighted by Crippen LogP contribution is -2.42. The van der Waals surface area contributed by atoms with Crippen LogP contribution in [0.1, 0.15) is 44.6 Å². The van der Waals surface area contributed by atoms with E-state index in [4.69, 9.17) is 0 Å². The summed E-state index contributed by atoms with van der Waals surface area (Å²) in [5.74, 6) is 1.41. The summed E-state index contributed by atoms with van der Waals surface area (Å²) >= 11 is 1.28. The number of rotatable bonds is 8. The van der Waals surface area contributed by atoms with Gasteiger partial charge in [-0.2, -0.15) is 0 Å². The molecule has 0 aromatic carbocycles. The number of hydrogen-bond donors (Lipinski definition) is 1. The zero-order valence-electron chi connectivity index (χ0n) is 14.8. The molecule has 7 heteroatoms. The Balaban J connectivity index is 0.00000312. The standard InChI is InChI=1S/C18H27N3O2S.ClH/c1-15(22)24-13-12-21(11-8-16-4-2-3-5-16)18(23)20-14-17-6-9-19-10-7-17;/h6-7,9-10,16H,2-5,8,11-14H2,1H3,(H,20,23);1H. The molecule has 0 radical (unpaired) electrons. The summed E-state index contributed by atoms with van der Waals surface area (Å²) in [6.45, 7) is 3.45. The van der Waals surface area contributed by atoms with E-state index >= 15 is 0 Å². The summed E-state index contributed by atoms with van der Waals surface area (Å²) in [7, 11) is 0. The molecule has 0 unspecified atom stereocenters. The van der Waals surface area contributed by atoms with Gasteiger partial charge in [0, 0.05) is 44.7 Å². The predicted molar refractivity (Wildman–Crippen MR) is 105 cm³/mol. The Morgan fingerprint density at radius 1 is 1.24 bits per heavy atom. The lowest BCUT2D eigenvalue weighted by atomic mass is 10.0. The Morgan fingerprint density at radius 3 is 2.56 bits per heavy atom. The van der Waals surface area contributed by atoms with Gasteiger partial charge in [0.15, 0.2) is 5.12 Å². The second-order valence-corrected chi connectivity index (χ2v) is 7.55. The molecule has 1 N–H and O–H groups in total. The van der Waals surface area contributed by atoms with E-state index in [1.807, 2.05) is 17.0 Å². The number of carbonyl (C=O) groups excluding carboxylic acids is 2. The molecule has 1 aliphatic carbocycles. The maximum atomic E-state index is 12.5. The van der Waals surface area contributed by atoms with Crippen LogP contribution in [-0.4, -0.2) is 39.9 Å². The van der Waals surface area contributed by atoms with E-state index in [-0.39, 0.29) is 23.6 Å². The molecule has 2 rings (SSSR count). The summed E-state index contributed by atoms with van der Waals surface area (Å²) in [6, 6.07) is 3.75. The zero-order chi connectivity index (χ0) is 17.2. The maximum absolute atomic E-state index is 12.5. The molecular weight excluding hydrogens is 358 g/mol. The lowest BCUT2D eigenvalue weighted by molar-refractivity contribution is -0.109. The molecule has 2 amide bonds. The van der Waals surface area contributed by atoms with Crippen LogP contribution in [0.4, 0.5) is 4.79 Å². The van der Waals surface area contributed by atoms with E-state index in [0.29, 0.717) is 18.8 Å². The van der Waals surface area contributed by atoms with Crippen LogP contribution in [0.5, 0.6) is 0 Å². The fourth-order valence-corrected chi connectivity index (χ4v) is 3.64. The highest BCUT2D eigenvalue weighted by Gasteiger charge is 2.19. The molecule has 0 aliphatic heterocycles. The smallest absolute Gasteiger partial charge is 0.317 e. The number of urea groups is 1. The Bertz CT molecular complexity index is 524. The highest BCUT2D eigenvalue weighted by Crippen LogP contribution is 2.27. The molecule has 1 heterocycles. The average molecular weight is 386 g/mol. The van der Waals surface area contributed by atoms with Crippen molar-refractivity contribution < 1.29 is 9.59 Å². The second kappa shape index (κ2) is 12.1. The first kappa shape index (κ1) is 21.8. The van der Waals surface area contributed by atoms with Crippen LogP contribution in [0.25, 0.3) is 0 Å². The summed E-state index contributed by atoms with van der Waals surface area (Å²) in [6.07, 6.45) is 9.72. The van der Waals surface area contributed by atoms with Gasteiger partial charge in [-0.05, 0) is 30.0 Å². The van der Waals surface area contributed by atoms with E-state index in [9.17, 15) is 9.59 Å². The Labute approximate surface area is 160 Å². The van der Waals surface area contributed by atoms with Gasteiger partial charge < -0.3 is 10.2 Å². The summed E-state index contributed by atoms with van der Waals surface area (Å²) in [5.41, 5.74) is 1.03. The quantitative estimate of drug-likeness (QED) is 0.737. The lowest BCUT2D eigenvalue weighted by Gasteiger charge is -2.24. The normalized spacial score (nSPS) is 14.0. The minimum Gasteiger partial charge on any atom is -0.334 e. The molecule has 1 aromatic heterocycles. The zero-order valence-corrected chi connectivity index (χ0v) is 16.4. The predicted octanol–water partition coefficient (Wildman–Crippen LogP) is 3.88. The van der Waals surface area contributed by atoms with E-state index in [1.54, 1.807) is 19.3 Å². The van der Waals surface area contributed by atoms with Gasteiger partial charge >= 0.3 is 6.03 Å². The van der Waals surface area contributed by atoms with Crippen LogP contribution >= 0.6 is 24.2 Å². The minimum absolute atomic E-state index is 0. The Kier molecular flexibility index (Phi) is 10.6. The van der Waals surface area contributed by atoms with Crippen LogP contribution in [0.2, 0.25) is 0 Å². The Hall–Kier alpha value is -1.27. The molecular formula is C18H28ClN3O2S. The summed E-state index contributed by atoms with van der Waals surface area (Å²) in [5, 5.41) is 3.08. The SMILES string of the molecule is CC(=O)SCCN(CCC1CCCC1)C(=O)NCc1ccncc1.Cl. The van der Waals surface area contributed by atoms with Gasteiger partial charge in [-0.15, -0.1) is 12.4 Å². The third kappa shape index (κ3) is 8.59. The van der Waals surface area contributed by atoms with Crippen molar-refractivity contribution in [3.8, 4) is 0 Å². The van der Waals surface area contributed by atoms with Gasteiger partial charge in [-0.25, -0.2) is 4.79 Å². The van der Waals surface area contributed by atoms with Gasteiger partial charge in [-0.1, -0.05) is 37.4 Å². The van der Waals surface area contributed by atoms with Gasteiger partial charge in [-0.3, -0.25) is 9.78 Å². The van der Waals surface area contributed by atoms with Gasteiger partial charge in [0.05, 0.1) is 0 Å². The Morgan fingerprint density at radius 2 is 1.92 bits per heavy atom. The highest BCUT2D eigenvalue weighted by atomic mass is 35.5. The van der Waals surface area contributed by atoms with Crippen LogP contribution in [0.15, 0.2) is 24.5 Å². The van der Waals surface area contributed by atoms with Gasteiger partial charge in [0.1, 0.15) is 0 Å². The monoisotopic (exact) mass is 385 g/mol. The first-order valence-corrected chi connectivity index (χ1v) is 9.68. The van der Waals surface area contributed by atoms with Crippen LogP contribution in [0.3, 0.4) is 0 Å². The molecule has 5 nitrogen and oxygen atoms in total. The number of aromatic nitrogens is 1. The number of halogens is 1. The maximum Gasteiger partial charge on any atom is 0.317 e. The second-order valence-electron chi connectivity index (χ2n) is 6.28. The molecule has 140 valence electrons. The first-order chi connectivity index (χ1) is 11.6. The van der Waals surface area contributed by atoms with E-state index in [1.165, 1.54) is 37.4 Å². The number of thioether (sulfide) groups is 1. The fourth-order valence-electron chi connectivity index (χ4n) is 3.04. The van der Waals surface area contributed by atoms with Crippen molar-refractivity contribution in [2.24, 2.45) is 5.92 Å². The fraction of sp³-hybridized carbons (Fsp3) is 0.611. The van der Waals surface area contributed by atoms with Crippen LogP contribution < -0.4 is 5.32 Å². The van der Waals surface area contributed by atoms with Crippen molar-refractivity contribution >= 4 is 35.3 Å². The molecule has 0 bridgehead atoms. The molecule has 0 spiro atoms. The van der Waals surface area contributed by atoms with E-state index < -0.39 is 0 Å². The molecule has 0 atom stereocenters. The number of nitrogens with zero attached hydrogens (tertiary/aromatic N) is 2. The summed E-state index contributed by atoms with van der Waals surface area (Å²) in [4.78, 5) is 29.4. The topological polar surface area (TPSA) is 62.3 Å². The van der Waals surface area contributed by atoms with Crippen molar-refractivity contribution in [2.75, 3.05) is 18.8 Å². The van der Waals surface area contributed by atoms with Crippen molar-refractivity contribution in [3.63, 3.8) is 0 Å². The van der Waals surface area contributed by atoms with Crippen molar-refractivity contribution in [1.29, 1.82) is 0 Å². The highest BCUT2D eigenvalue weighted by molar-refractivity contribution is 8.13.